The van der Waals surface area contributed by atoms with Crippen LogP contribution in [0.4, 0.5) is 0 Å². The third-order valence-corrected chi connectivity index (χ3v) is 3.11. The smallest absolute Gasteiger partial charge is 0.471 e. The normalized spacial score (nSPS) is 13.8. The monoisotopic (exact) mass is 290 g/mol. The van der Waals surface area contributed by atoms with Crippen molar-refractivity contribution in [2.75, 3.05) is 20.3 Å². The van der Waals surface area contributed by atoms with Crippen LogP contribution in [-0.2, 0) is 13.6 Å². The zero-order valence-corrected chi connectivity index (χ0v) is 11.2. The van der Waals surface area contributed by atoms with Gasteiger partial charge in [-0.05, 0) is 24.3 Å². The third-order valence-electron chi connectivity index (χ3n) is 2.14. The predicted octanol–water partition coefficient (Wildman–Crippen LogP) is 1.92. The molecular formula is C11H15O7P. The van der Waals surface area contributed by atoms with Gasteiger partial charge >= 0.3 is 13.8 Å². The van der Waals surface area contributed by atoms with Crippen molar-refractivity contribution in [3.8, 4) is 5.75 Å². The van der Waals surface area contributed by atoms with Gasteiger partial charge in [-0.1, -0.05) is 0 Å². The molecule has 0 aliphatic carbocycles. The lowest BCUT2D eigenvalue weighted by Gasteiger charge is -2.09. The number of benzene rings is 1. The molecule has 0 heterocycles. The van der Waals surface area contributed by atoms with Crippen LogP contribution in [0.25, 0.3) is 0 Å². The summed E-state index contributed by atoms with van der Waals surface area (Å²) < 4.78 is 25.1. The number of rotatable bonds is 8. The van der Waals surface area contributed by atoms with Crippen LogP contribution < -0.4 is 4.74 Å². The number of carboxylic acid groups (broad SMARTS) is 1. The minimum Gasteiger partial charge on any atom is -0.494 e. The second kappa shape index (κ2) is 7.25. The van der Waals surface area contributed by atoms with Crippen molar-refractivity contribution in [1.82, 2.24) is 0 Å². The summed E-state index contributed by atoms with van der Waals surface area (Å²) in [5.41, 5.74) is 0.178. The van der Waals surface area contributed by atoms with Crippen molar-refractivity contribution < 1.29 is 33.1 Å². The molecule has 1 aromatic rings. The van der Waals surface area contributed by atoms with Gasteiger partial charge in [-0.2, -0.15) is 0 Å². The Morgan fingerprint density at radius 3 is 2.42 bits per heavy atom. The second-order valence-corrected chi connectivity index (χ2v) is 5.08. The zero-order chi connectivity index (χ0) is 14.3. The van der Waals surface area contributed by atoms with Crippen molar-refractivity contribution in [3.63, 3.8) is 0 Å². The lowest BCUT2D eigenvalue weighted by atomic mass is 10.2. The van der Waals surface area contributed by atoms with E-state index in [0.717, 1.165) is 7.11 Å². The van der Waals surface area contributed by atoms with Gasteiger partial charge in [0.2, 0.25) is 0 Å². The van der Waals surface area contributed by atoms with E-state index in [9.17, 15) is 9.36 Å². The summed E-state index contributed by atoms with van der Waals surface area (Å²) in [6.07, 6.45) is 0.397. The third kappa shape index (κ3) is 5.85. The molecule has 0 fully saturated rings. The molecule has 1 rings (SSSR count). The summed E-state index contributed by atoms with van der Waals surface area (Å²) in [7, 11) is -2.84. The first kappa shape index (κ1) is 15.7. The largest absolute Gasteiger partial charge is 0.494 e. The van der Waals surface area contributed by atoms with Crippen molar-refractivity contribution in [1.29, 1.82) is 0 Å². The predicted molar refractivity (Wildman–Crippen MR) is 66.3 cm³/mol. The maximum atomic E-state index is 10.9. The highest BCUT2D eigenvalue weighted by atomic mass is 31.2. The van der Waals surface area contributed by atoms with Crippen LogP contribution in [0.3, 0.4) is 0 Å². The van der Waals surface area contributed by atoms with E-state index in [4.69, 9.17) is 14.7 Å². The average Bonchev–Trinajstić information content (AvgIpc) is 2.39. The fraction of sp³-hybridized carbons (Fsp3) is 0.364. The molecule has 8 heteroatoms. The van der Waals surface area contributed by atoms with Crippen molar-refractivity contribution in [2.45, 2.75) is 6.42 Å². The van der Waals surface area contributed by atoms with Crippen molar-refractivity contribution in [3.05, 3.63) is 29.8 Å². The van der Waals surface area contributed by atoms with E-state index in [1.54, 1.807) is 0 Å². The summed E-state index contributed by atoms with van der Waals surface area (Å²) in [5, 5.41) is 8.70. The quantitative estimate of drug-likeness (QED) is 0.557. The molecule has 0 bridgehead atoms. The topological polar surface area (TPSA) is 102 Å². The molecule has 2 N–H and O–H groups in total. The molecule has 0 aromatic heterocycles. The average molecular weight is 290 g/mol. The Balaban J connectivity index is 2.26. The SMILES string of the molecule is COP(=O)(O)OCCCOc1ccc(C(=O)O)cc1. The number of phosphoric ester groups is 1. The van der Waals surface area contributed by atoms with Crippen LogP contribution in [0.2, 0.25) is 0 Å². The van der Waals surface area contributed by atoms with Crippen LogP contribution in [0, 0.1) is 0 Å². The van der Waals surface area contributed by atoms with Crippen LogP contribution >= 0.6 is 7.82 Å². The van der Waals surface area contributed by atoms with Gasteiger partial charge < -0.3 is 14.7 Å². The van der Waals surface area contributed by atoms with Crippen LogP contribution in [0.5, 0.6) is 5.75 Å². The van der Waals surface area contributed by atoms with Gasteiger partial charge in [-0.3, -0.25) is 9.05 Å². The van der Waals surface area contributed by atoms with Crippen LogP contribution in [-0.4, -0.2) is 36.3 Å². The summed E-state index contributed by atoms with van der Waals surface area (Å²) in [5.74, 6) is -0.484. The van der Waals surface area contributed by atoms with Gasteiger partial charge in [0.25, 0.3) is 0 Å². The molecule has 0 radical (unpaired) electrons. The van der Waals surface area contributed by atoms with Gasteiger partial charge in [0, 0.05) is 13.5 Å². The Labute approximate surface area is 110 Å². The molecule has 7 nitrogen and oxygen atoms in total. The highest BCUT2D eigenvalue weighted by Crippen LogP contribution is 2.41. The van der Waals surface area contributed by atoms with Gasteiger partial charge in [-0.15, -0.1) is 0 Å². The van der Waals surface area contributed by atoms with Gasteiger partial charge in [0.1, 0.15) is 5.75 Å². The Kier molecular flexibility index (Phi) is 5.98. The number of hydrogen-bond acceptors (Lipinski definition) is 5. The van der Waals surface area contributed by atoms with Crippen LogP contribution in [0.15, 0.2) is 24.3 Å². The van der Waals surface area contributed by atoms with E-state index in [2.05, 4.69) is 9.05 Å². The molecule has 0 aliphatic heterocycles. The number of phosphoric acid groups is 1. The molecule has 0 aliphatic rings. The molecule has 106 valence electrons. The number of ether oxygens (including phenoxy) is 1. The fourth-order valence-electron chi connectivity index (χ4n) is 1.18. The lowest BCUT2D eigenvalue weighted by molar-refractivity contribution is 0.0696. The highest BCUT2D eigenvalue weighted by Gasteiger charge is 2.17. The standard InChI is InChI=1S/C11H15O7P/c1-16-19(14,15)18-8-2-7-17-10-5-3-9(4-6-10)11(12)13/h3-6H,2,7-8H2,1H3,(H,12,13)(H,14,15). The van der Waals surface area contributed by atoms with E-state index >= 15 is 0 Å². The number of carbonyl (C=O) groups is 1. The van der Waals surface area contributed by atoms with E-state index < -0.39 is 13.8 Å². The fourth-order valence-corrected chi connectivity index (χ4v) is 1.64. The van der Waals surface area contributed by atoms with Crippen molar-refractivity contribution in [2.24, 2.45) is 0 Å². The number of carboxylic acids is 1. The molecule has 1 aromatic carbocycles. The van der Waals surface area contributed by atoms with Gasteiger partial charge in [0.15, 0.2) is 0 Å². The first-order valence-corrected chi connectivity index (χ1v) is 6.93. The molecule has 1 unspecified atom stereocenters. The van der Waals surface area contributed by atoms with E-state index in [0.29, 0.717) is 12.2 Å². The molecule has 0 saturated heterocycles. The minimum atomic E-state index is -3.92. The van der Waals surface area contributed by atoms with Crippen molar-refractivity contribution >= 4 is 13.8 Å². The van der Waals surface area contributed by atoms with Gasteiger partial charge in [0.05, 0.1) is 18.8 Å². The van der Waals surface area contributed by atoms with E-state index in [1.165, 1.54) is 24.3 Å². The number of hydrogen-bond donors (Lipinski definition) is 2. The summed E-state index contributed by atoms with van der Waals surface area (Å²) in [6, 6.07) is 5.94. The first-order valence-electron chi connectivity index (χ1n) is 5.44. The Morgan fingerprint density at radius 2 is 1.89 bits per heavy atom. The zero-order valence-electron chi connectivity index (χ0n) is 10.3. The molecule has 1 atom stereocenters. The summed E-state index contributed by atoms with van der Waals surface area (Å²) in [4.78, 5) is 19.6. The van der Waals surface area contributed by atoms with Crippen LogP contribution in [0.1, 0.15) is 16.8 Å². The van der Waals surface area contributed by atoms with Gasteiger partial charge in [-0.25, -0.2) is 9.36 Å². The Morgan fingerprint density at radius 1 is 1.26 bits per heavy atom. The second-order valence-electron chi connectivity index (χ2n) is 3.52. The molecular weight excluding hydrogens is 275 g/mol. The molecule has 0 spiro atoms. The first-order chi connectivity index (χ1) is 8.94. The summed E-state index contributed by atoms with van der Waals surface area (Å²) in [6.45, 7) is 0.297. The molecule has 0 amide bonds. The summed E-state index contributed by atoms with van der Waals surface area (Å²) >= 11 is 0. The lowest BCUT2D eigenvalue weighted by Crippen LogP contribution is -2.03. The highest BCUT2D eigenvalue weighted by molar-refractivity contribution is 7.47. The maximum absolute atomic E-state index is 10.9. The molecule has 19 heavy (non-hydrogen) atoms. The Hall–Kier alpha value is -1.40. The number of aromatic carboxylic acids is 1. The van der Waals surface area contributed by atoms with E-state index in [1.807, 2.05) is 0 Å². The maximum Gasteiger partial charge on any atom is 0.471 e. The molecule has 0 saturated carbocycles. The minimum absolute atomic E-state index is 0.0226. The van der Waals surface area contributed by atoms with E-state index in [-0.39, 0.29) is 18.8 Å². The Bertz CT molecular complexity index is 457.